The lowest BCUT2D eigenvalue weighted by Crippen LogP contribution is -2.52. The molecule has 0 bridgehead atoms. The Morgan fingerprint density at radius 3 is 2.67 bits per heavy atom. The molecule has 0 radical (unpaired) electrons. The number of aryl methyl sites for hydroxylation is 1. The van der Waals surface area contributed by atoms with Crippen LogP contribution in [-0.2, 0) is 0 Å². The number of halogens is 1. The summed E-state index contributed by atoms with van der Waals surface area (Å²) in [6, 6.07) is 1.45. The van der Waals surface area contributed by atoms with Gasteiger partial charge < -0.3 is 14.4 Å². The molecule has 0 aromatic carbocycles. The second-order valence-corrected chi connectivity index (χ2v) is 7.05. The monoisotopic (exact) mass is 373 g/mol. The van der Waals surface area contributed by atoms with Crippen molar-refractivity contribution in [2.45, 2.75) is 32.9 Å². The van der Waals surface area contributed by atoms with Gasteiger partial charge in [-0.2, -0.15) is 0 Å². The molecular weight excluding hydrogens is 349 g/mol. The zero-order valence-corrected chi connectivity index (χ0v) is 15.9. The molecule has 7 nitrogen and oxygen atoms in total. The number of piperazine rings is 1. The molecule has 8 heteroatoms. The van der Waals surface area contributed by atoms with E-state index in [9.17, 15) is 4.39 Å². The normalized spacial score (nSPS) is 21.2. The smallest absolute Gasteiger partial charge is 0.257 e. The molecule has 4 rings (SSSR count). The highest BCUT2D eigenvalue weighted by Gasteiger charge is 2.31. The van der Waals surface area contributed by atoms with Crippen LogP contribution >= 0.6 is 0 Å². The van der Waals surface area contributed by atoms with Crippen LogP contribution in [0.25, 0.3) is 0 Å². The molecule has 2 aromatic heterocycles. The maximum absolute atomic E-state index is 14.6. The van der Waals surface area contributed by atoms with Crippen molar-refractivity contribution in [3.05, 3.63) is 35.8 Å². The topological polar surface area (TPSA) is 63.6 Å². The third-order valence-corrected chi connectivity index (χ3v) is 5.22. The van der Waals surface area contributed by atoms with Crippen molar-refractivity contribution in [3.63, 3.8) is 0 Å². The van der Waals surface area contributed by atoms with Gasteiger partial charge in [0.1, 0.15) is 24.9 Å². The van der Waals surface area contributed by atoms with E-state index in [1.54, 1.807) is 0 Å². The van der Waals surface area contributed by atoms with Crippen LogP contribution in [0.15, 0.2) is 18.5 Å². The van der Waals surface area contributed by atoms with E-state index < -0.39 is 0 Å². The van der Waals surface area contributed by atoms with Crippen molar-refractivity contribution in [2.75, 3.05) is 37.7 Å². The lowest BCUT2D eigenvalue weighted by Gasteiger charge is -2.43. The van der Waals surface area contributed by atoms with Crippen LogP contribution in [0, 0.1) is 12.7 Å². The van der Waals surface area contributed by atoms with E-state index in [1.165, 1.54) is 6.07 Å². The Balaban J connectivity index is 1.50. The first kappa shape index (κ1) is 17.9. The number of nitrogens with zero attached hydrogens (tertiary/aromatic N) is 5. The van der Waals surface area contributed by atoms with E-state index in [4.69, 9.17) is 9.47 Å². The number of anilines is 1. The third kappa shape index (κ3) is 3.53. The predicted molar refractivity (Wildman–Crippen MR) is 98.8 cm³/mol. The molecule has 0 saturated carbocycles. The number of ether oxygens (including phenoxy) is 2. The van der Waals surface area contributed by atoms with Crippen molar-refractivity contribution in [1.29, 1.82) is 0 Å². The van der Waals surface area contributed by atoms with Gasteiger partial charge in [0, 0.05) is 31.7 Å². The minimum atomic E-state index is -0.353. The van der Waals surface area contributed by atoms with Crippen LogP contribution in [0.3, 0.4) is 0 Å². The molecule has 2 atom stereocenters. The van der Waals surface area contributed by atoms with Crippen LogP contribution < -0.4 is 14.4 Å². The number of rotatable bonds is 3. The van der Waals surface area contributed by atoms with E-state index in [0.717, 1.165) is 31.1 Å². The summed E-state index contributed by atoms with van der Waals surface area (Å²) in [4.78, 5) is 17.5. The zero-order chi connectivity index (χ0) is 19.0. The highest BCUT2D eigenvalue weighted by molar-refractivity contribution is 5.43. The molecule has 2 aliphatic heterocycles. The molecule has 1 saturated heterocycles. The van der Waals surface area contributed by atoms with Crippen LogP contribution in [0.5, 0.6) is 11.6 Å². The Kier molecular flexibility index (Phi) is 4.82. The van der Waals surface area contributed by atoms with Gasteiger partial charge in [-0.1, -0.05) is 0 Å². The summed E-state index contributed by atoms with van der Waals surface area (Å²) in [7, 11) is 0. The largest absolute Gasteiger partial charge is 0.484 e. The predicted octanol–water partition coefficient (Wildman–Crippen LogP) is 2.36. The van der Waals surface area contributed by atoms with Crippen LogP contribution in [0.2, 0.25) is 0 Å². The van der Waals surface area contributed by atoms with E-state index in [-0.39, 0.29) is 17.9 Å². The number of aromatic nitrogens is 3. The standard InChI is InChI=1S/C19H24FN5O2/c1-12-11-24(15-9-21-14(3)22-10-15)4-5-25(12)13(2)18-16(20)8-17-19(23-18)27-7-6-26-17/h8-10,12-13H,4-7,11H2,1-3H3/t12-,13+/m0/s1. The van der Waals surface area contributed by atoms with Crippen LogP contribution in [0.1, 0.15) is 31.4 Å². The fraction of sp³-hybridized carbons (Fsp3) is 0.526. The van der Waals surface area contributed by atoms with E-state index in [1.807, 2.05) is 26.2 Å². The Labute approximate surface area is 158 Å². The molecular formula is C19H24FN5O2. The van der Waals surface area contributed by atoms with Crippen molar-refractivity contribution >= 4 is 5.69 Å². The molecule has 4 heterocycles. The highest BCUT2D eigenvalue weighted by Crippen LogP contribution is 2.34. The van der Waals surface area contributed by atoms with Gasteiger partial charge in [0.2, 0.25) is 0 Å². The van der Waals surface area contributed by atoms with E-state index >= 15 is 0 Å². The summed E-state index contributed by atoms with van der Waals surface area (Å²) in [6.07, 6.45) is 3.71. The van der Waals surface area contributed by atoms with Gasteiger partial charge in [0.05, 0.1) is 29.8 Å². The molecule has 0 amide bonds. The van der Waals surface area contributed by atoms with Gasteiger partial charge >= 0.3 is 0 Å². The Hall–Kier alpha value is -2.48. The Morgan fingerprint density at radius 2 is 1.93 bits per heavy atom. The summed E-state index contributed by atoms with van der Waals surface area (Å²) >= 11 is 0. The molecule has 2 aromatic rings. The van der Waals surface area contributed by atoms with Gasteiger partial charge in [0.25, 0.3) is 5.88 Å². The molecule has 0 unspecified atom stereocenters. The first-order chi connectivity index (χ1) is 13.0. The quantitative estimate of drug-likeness (QED) is 0.818. The summed E-state index contributed by atoms with van der Waals surface area (Å²) in [6.45, 7) is 9.32. The van der Waals surface area contributed by atoms with E-state index in [2.05, 4.69) is 31.7 Å². The molecule has 2 aliphatic rings. The average molecular weight is 373 g/mol. The van der Waals surface area contributed by atoms with Crippen LogP contribution in [-0.4, -0.2) is 58.7 Å². The Morgan fingerprint density at radius 1 is 1.19 bits per heavy atom. The molecule has 0 N–H and O–H groups in total. The van der Waals surface area contributed by atoms with Gasteiger partial charge in [0.15, 0.2) is 5.75 Å². The summed E-state index contributed by atoms with van der Waals surface area (Å²) < 4.78 is 25.6. The van der Waals surface area contributed by atoms with Crippen molar-refractivity contribution in [3.8, 4) is 11.6 Å². The second kappa shape index (κ2) is 7.26. The first-order valence-corrected chi connectivity index (χ1v) is 9.28. The van der Waals surface area contributed by atoms with Gasteiger partial charge in [-0.25, -0.2) is 19.3 Å². The van der Waals surface area contributed by atoms with Gasteiger partial charge in [-0.05, 0) is 20.8 Å². The molecule has 27 heavy (non-hydrogen) atoms. The SMILES string of the molecule is Cc1ncc(N2CCN([C@H](C)c3nc4c(cc3F)OCCO4)[C@@H](C)C2)cn1. The number of hydrogen-bond acceptors (Lipinski definition) is 7. The minimum Gasteiger partial charge on any atom is -0.484 e. The maximum Gasteiger partial charge on any atom is 0.257 e. The second-order valence-electron chi connectivity index (χ2n) is 7.05. The van der Waals surface area contributed by atoms with Crippen molar-refractivity contribution in [1.82, 2.24) is 19.9 Å². The van der Waals surface area contributed by atoms with Gasteiger partial charge in [-0.15, -0.1) is 0 Å². The summed E-state index contributed by atoms with van der Waals surface area (Å²) in [5, 5.41) is 0. The number of pyridine rings is 1. The minimum absolute atomic E-state index is 0.160. The zero-order valence-electron chi connectivity index (χ0n) is 15.9. The average Bonchev–Trinajstić information content (AvgIpc) is 2.67. The van der Waals surface area contributed by atoms with E-state index in [0.29, 0.717) is 30.5 Å². The van der Waals surface area contributed by atoms with Crippen molar-refractivity contribution in [2.24, 2.45) is 0 Å². The van der Waals surface area contributed by atoms with Crippen LogP contribution in [0.4, 0.5) is 10.1 Å². The number of fused-ring (bicyclic) bond motifs is 1. The first-order valence-electron chi connectivity index (χ1n) is 9.28. The molecule has 1 fully saturated rings. The molecule has 0 spiro atoms. The Bertz CT molecular complexity index is 816. The lowest BCUT2D eigenvalue weighted by atomic mass is 10.1. The maximum atomic E-state index is 14.6. The fourth-order valence-corrected chi connectivity index (χ4v) is 3.75. The number of hydrogen-bond donors (Lipinski definition) is 0. The summed E-state index contributed by atoms with van der Waals surface area (Å²) in [5.74, 6) is 1.17. The van der Waals surface area contributed by atoms with Gasteiger partial charge in [-0.3, -0.25) is 4.90 Å². The fourth-order valence-electron chi connectivity index (χ4n) is 3.75. The summed E-state index contributed by atoms with van der Waals surface area (Å²) in [5.41, 5.74) is 1.42. The molecule has 144 valence electrons. The lowest BCUT2D eigenvalue weighted by molar-refractivity contribution is 0.128. The third-order valence-electron chi connectivity index (χ3n) is 5.22. The highest BCUT2D eigenvalue weighted by atomic mass is 19.1. The molecule has 0 aliphatic carbocycles. The van der Waals surface area contributed by atoms with Crippen molar-refractivity contribution < 1.29 is 13.9 Å².